The van der Waals surface area contributed by atoms with Crippen molar-refractivity contribution in [2.45, 2.75) is 13.0 Å². The van der Waals surface area contributed by atoms with Crippen LogP contribution in [-0.2, 0) is 4.74 Å². The van der Waals surface area contributed by atoms with Crippen LogP contribution in [0, 0.1) is 6.92 Å². The summed E-state index contributed by atoms with van der Waals surface area (Å²) in [5.74, 6) is 1.33. The van der Waals surface area contributed by atoms with Gasteiger partial charge in [-0.05, 0) is 6.92 Å². The highest BCUT2D eigenvalue weighted by Gasteiger charge is 2.13. The molecule has 0 aliphatic carbocycles. The highest BCUT2D eigenvalue weighted by atomic mass is 16.5. The van der Waals surface area contributed by atoms with E-state index in [1.165, 1.54) is 0 Å². The van der Waals surface area contributed by atoms with Gasteiger partial charge in [-0.1, -0.05) is 0 Å². The van der Waals surface area contributed by atoms with Crippen LogP contribution in [0.15, 0.2) is 12.3 Å². The van der Waals surface area contributed by atoms with E-state index in [2.05, 4.69) is 15.3 Å². The molecule has 1 aliphatic heterocycles. The molecule has 0 amide bonds. The zero-order valence-corrected chi connectivity index (χ0v) is 8.77. The SMILES string of the molecule is Cc1nccc(OCC2CNCCO2)n1. The zero-order valence-electron chi connectivity index (χ0n) is 8.77. The molecule has 1 aromatic heterocycles. The first-order valence-corrected chi connectivity index (χ1v) is 5.09. The molecular formula is C10H15N3O2. The van der Waals surface area contributed by atoms with Crippen LogP contribution in [-0.4, -0.2) is 42.4 Å². The highest BCUT2D eigenvalue weighted by Crippen LogP contribution is 2.06. The van der Waals surface area contributed by atoms with Crippen molar-refractivity contribution in [3.05, 3.63) is 18.1 Å². The van der Waals surface area contributed by atoms with Crippen LogP contribution >= 0.6 is 0 Å². The Kier molecular flexibility index (Phi) is 3.47. The first-order valence-electron chi connectivity index (χ1n) is 5.09. The summed E-state index contributed by atoms with van der Waals surface area (Å²) in [6.07, 6.45) is 1.81. The second kappa shape index (κ2) is 5.04. The quantitative estimate of drug-likeness (QED) is 0.768. The van der Waals surface area contributed by atoms with Gasteiger partial charge in [0.05, 0.1) is 6.61 Å². The van der Waals surface area contributed by atoms with Gasteiger partial charge in [0.2, 0.25) is 5.88 Å². The molecule has 2 heterocycles. The topological polar surface area (TPSA) is 56.3 Å². The van der Waals surface area contributed by atoms with Crippen LogP contribution in [0.25, 0.3) is 0 Å². The summed E-state index contributed by atoms with van der Waals surface area (Å²) < 4.78 is 11.0. The van der Waals surface area contributed by atoms with Crippen LogP contribution in [0.5, 0.6) is 5.88 Å². The molecule has 1 saturated heterocycles. The minimum atomic E-state index is 0.119. The van der Waals surface area contributed by atoms with Crippen LogP contribution in [0.1, 0.15) is 5.82 Å². The molecular weight excluding hydrogens is 194 g/mol. The molecule has 0 bridgehead atoms. The fraction of sp³-hybridized carbons (Fsp3) is 0.600. The lowest BCUT2D eigenvalue weighted by atomic mass is 10.3. The van der Waals surface area contributed by atoms with E-state index in [4.69, 9.17) is 9.47 Å². The Balaban J connectivity index is 1.81. The molecule has 0 saturated carbocycles. The van der Waals surface area contributed by atoms with Gasteiger partial charge in [0.15, 0.2) is 0 Å². The highest BCUT2D eigenvalue weighted by molar-refractivity contribution is 5.07. The Hall–Kier alpha value is -1.20. The van der Waals surface area contributed by atoms with Gasteiger partial charge in [0.1, 0.15) is 18.5 Å². The van der Waals surface area contributed by atoms with Gasteiger partial charge in [-0.15, -0.1) is 0 Å². The molecule has 1 fully saturated rings. The van der Waals surface area contributed by atoms with Crippen LogP contribution in [0.4, 0.5) is 0 Å². The maximum atomic E-state index is 5.51. The van der Waals surface area contributed by atoms with E-state index in [1.54, 1.807) is 12.3 Å². The van der Waals surface area contributed by atoms with Gasteiger partial charge < -0.3 is 14.8 Å². The van der Waals surface area contributed by atoms with Crippen molar-refractivity contribution in [1.29, 1.82) is 0 Å². The lowest BCUT2D eigenvalue weighted by Gasteiger charge is -2.23. The van der Waals surface area contributed by atoms with Gasteiger partial charge >= 0.3 is 0 Å². The van der Waals surface area contributed by atoms with E-state index in [9.17, 15) is 0 Å². The summed E-state index contributed by atoms with van der Waals surface area (Å²) in [4.78, 5) is 8.15. The molecule has 1 aromatic rings. The Labute approximate surface area is 88.8 Å². The molecule has 0 radical (unpaired) electrons. The number of nitrogens with one attached hydrogen (secondary N) is 1. The van der Waals surface area contributed by atoms with E-state index in [-0.39, 0.29) is 6.10 Å². The molecule has 5 heteroatoms. The van der Waals surface area contributed by atoms with Crippen molar-refractivity contribution in [3.63, 3.8) is 0 Å². The number of hydrogen-bond acceptors (Lipinski definition) is 5. The number of ether oxygens (including phenoxy) is 2. The number of rotatable bonds is 3. The van der Waals surface area contributed by atoms with Gasteiger partial charge in [0, 0.05) is 25.4 Å². The second-order valence-corrected chi connectivity index (χ2v) is 3.45. The molecule has 2 rings (SSSR count). The van der Waals surface area contributed by atoms with Gasteiger partial charge in [0.25, 0.3) is 0 Å². The molecule has 1 N–H and O–H groups in total. The third-order valence-corrected chi connectivity index (χ3v) is 2.17. The Bertz CT molecular complexity index is 313. The van der Waals surface area contributed by atoms with E-state index < -0.39 is 0 Å². The van der Waals surface area contributed by atoms with Crippen molar-refractivity contribution in [2.75, 3.05) is 26.3 Å². The van der Waals surface area contributed by atoms with Crippen LogP contribution < -0.4 is 10.1 Å². The molecule has 1 unspecified atom stereocenters. The third-order valence-electron chi connectivity index (χ3n) is 2.17. The minimum Gasteiger partial charge on any atom is -0.475 e. The maximum absolute atomic E-state index is 5.51. The number of nitrogens with zero attached hydrogens (tertiary/aromatic N) is 2. The van der Waals surface area contributed by atoms with Crippen molar-refractivity contribution >= 4 is 0 Å². The fourth-order valence-corrected chi connectivity index (χ4v) is 1.42. The smallest absolute Gasteiger partial charge is 0.216 e. The third kappa shape index (κ3) is 3.14. The van der Waals surface area contributed by atoms with Crippen LogP contribution in [0.3, 0.4) is 0 Å². The Morgan fingerprint density at radius 2 is 2.60 bits per heavy atom. The molecule has 5 nitrogen and oxygen atoms in total. The molecule has 0 spiro atoms. The summed E-state index contributed by atoms with van der Waals surface area (Å²) in [6, 6.07) is 1.75. The monoisotopic (exact) mass is 209 g/mol. The van der Waals surface area contributed by atoms with Crippen LogP contribution in [0.2, 0.25) is 0 Å². The fourth-order valence-electron chi connectivity index (χ4n) is 1.42. The van der Waals surface area contributed by atoms with Crippen molar-refractivity contribution in [2.24, 2.45) is 0 Å². The number of morpholine rings is 1. The van der Waals surface area contributed by atoms with Gasteiger partial charge in [-0.3, -0.25) is 0 Å². The largest absolute Gasteiger partial charge is 0.475 e. The summed E-state index contributed by atoms with van der Waals surface area (Å²) in [7, 11) is 0. The van der Waals surface area contributed by atoms with Gasteiger partial charge in [-0.25, -0.2) is 4.98 Å². The summed E-state index contributed by atoms with van der Waals surface area (Å²) in [6.45, 7) is 4.87. The number of aromatic nitrogens is 2. The van der Waals surface area contributed by atoms with Gasteiger partial charge in [-0.2, -0.15) is 4.98 Å². The standard InChI is InChI=1S/C10H15N3O2/c1-8-12-3-2-10(13-8)15-7-9-6-11-4-5-14-9/h2-3,9,11H,4-7H2,1H3. The Morgan fingerprint density at radius 3 is 3.33 bits per heavy atom. The van der Waals surface area contributed by atoms with E-state index in [0.29, 0.717) is 12.5 Å². The summed E-state index contributed by atoms with van der Waals surface area (Å²) in [5.41, 5.74) is 0. The van der Waals surface area contributed by atoms with E-state index in [1.807, 2.05) is 6.92 Å². The maximum Gasteiger partial charge on any atom is 0.216 e. The molecule has 1 aliphatic rings. The summed E-state index contributed by atoms with van der Waals surface area (Å²) >= 11 is 0. The molecule has 0 aromatic carbocycles. The zero-order chi connectivity index (χ0) is 10.5. The molecule has 1 atom stereocenters. The first kappa shape index (κ1) is 10.3. The predicted molar refractivity (Wildman–Crippen MR) is 54.9 cm³/mol. The van der Waals surface area contributed by atoms with Crippen molar-refractivity contribution in [3.8, 4) is 5.88 Å². The van der Waals surface area contributed by atoms with E-state index in [0.717, 1.165) is 25.5 Å². The molecule has 15 heavy (non-hydrogen) atoms. The molecule has 82 valence electrons. The van der Waals surface area contributed by atoms with Crippen molar-refractivity contribution < 1.29 is 9.47 Å². The number of hydrogen-bond donors (Lipinski definition) is 1. The van der Waals surface area contributed by atoms with E-state index >= 15 is 0 Å². The number of aryl methyl sites for hydroxylation is 1. The normalized spacial score (nSPS) is 21.3. The average molecular weight is 209 g/mol. The predicted octanol–water partition coefficient (Wildman–Crippen LogP) is 0.152. The lowest BCUT2D eigenvalue weighted by molar-refractivity contribution is -0.000802. The second-order valence-electron chi connectivity index (χ2n) is 3.45. The Morgan fingerprint density at radius 1 is 1.67 bits per heavy atom. The lowest BCUT2D eigenvalue weighted by Crippen LogP contribution is -2.41. The summed E-state index contributed by atoms with van der Waals surface area (Å²) in [5, 5.41) is 3.24. The van der Waals surface area contributed by atoms with Crippen molar-refractivity contribution in [1.82, 2.24) is 15.3 Å². The minimum absolute atomic E-state index is 0.119. The average Bonchev–Trinajstić information content (AvgIpc) is 2.28. The first-order chi connectivity index (χ1) is 7.34.